The van der Waals surface area contributed by atoms with Gasteiger partial charge in [-0.2, -0.15) is 17.0 Å². The van der Waals surface area contributed by atoms with Crippen LogP contribution >= 0.6 is 0 Å². The number of methoxy groups -OCH3 is 1. The van der Waals surface area contributed by atoms with Crippen molar-refractivity contribution in [1.82, 2.24) is 13.5 Å². The fraction of sp³-hybridized carbons (Fsp3) is 0.708. The maximum atomic E-state index is 13.1. The van der Waals surface area contributed by atoms with Gasteiger partial charge in [0.15, 0.2) is 0 Å². The van der Waals surface area contributed by atoms with E-state index in [9.17, 15) is 13.2 Å². The molecule has 1 amide bonds. The van der Waals surface area contributed by atoms with Gasteiger partial charge in [0.05, 0.1) is 7.11 Å². The van der Waals surface area contributed by atoms with E-state index in [0.717, 1.165) is 50.7 Å². The number of amides is 1. The molecule has 1 saturated heterocycles. The van der Waals surface area contributed by atoms with Crippen LogP contribution in [0.5, 0.6) is 5.75 Å². The predicted molar refractivity (Wildman–Crippen MR) is 125 cm³/mol. The lowest BCUT2D eigenvalue weighted by atomic mass is 9.80. The fourth-order valence-corrected chi connectivity index (χ4v) is 7.13. The molecule has 3 aliphatic rings. The highest BCUT2D eigenvalue weighted by Crippen LogP contribution is 2.36. The SMILES string of the molecule is COc1ccc2c(c1)CCCC2CC(=O)N1CCN(S(=O)(=O)N(C)C2CCCCC2)CC1. The van der Waals surface area contributed by atoms with E-state index in [-0.39, 0.29) is 17.9 Å². The van der Waals surface area contributed by atoms with Gasteiger partial charge in [-0.05, 0) is 61.3 Å². The molecule has 0 radical (unpaired) electrons. The first kappa shape index (κ1) is 23.5. The second-order valence-electron chi connectivity index (χ2n) is 9.45. The summed E-state index contributed by atoms with van der Waals surface area (Å²) in [6, 6.07) is 6.29. The normalized spacial score (nSPS) is 23.2. The molecule has 0 bridgehead atoms. The number of fused-ring (bicyclic) bond motifs is 1. The molecule has 0 spiro atoms. The second-order valence-corrected chi connectivity index (χ2v) is 11.4. The summed E-state index contributed by atoms with van der Waals surface area (Å²) in [6.45, 7) is 1.70. The maximum absolute atomic E-state index is 13.1. The first-order valence-corrected chi connectivity index (χ1v) is 13.5. The fourth-order valence-electron chi connectivity index (χ4n) is 5.55. The third-order valence-corrected chi connectivity index (χ3v) is 9.62. The van der Waals surface area contributed by atoms with Gasteiger partial charge in [-0.25, -0.2) is 0 Å². The zero-order valence-corrected chi connectivity index (χ0v) is 20.3. The van der Waals surface area contributed by atoms with Gasteiger partial charge in [0, 0.05) is 45.7 Å². The number of aryl methyl sites for hydroxylation is 1. The number of hydrogen-bond acceptors (Lipinski definition) is 4. The molecule has 8 heteroatoms. The largest absolute Gasteiger partial charge is 0.497 e. The van der Waals surface area contributed by atoms with E-state index in [0.29, 0.717) is 32.6 Å². The minimum atomic E-state index is -3.47. The molecule has 1 saturated carbocycles. The molecule has 32 heavy (non-hydrogen) atoms. The van der Waals surface area contributed by atoms with Crippen molar-refractivity contribution in [2.45, 2.75) is 69.7 Å². The Morgan fingerprint density at radius 2 is 1.78 bits per heavy atom. The number of carbonyl (C=O) groups excluding carboxylic acids is 1. The summed E-state index contributed by atoms with van der Waals surface area (Å²) in [6.07, 6.45) is 8.92. The lowest BCUT2D eigenvalue weighted by molar-refractivity contribution is -0.132. The Bertz CT molecular complexity index is 906. The molecule has 2 aliphatic carbocycles. The summed E-state index contributed by atoms with van der Waals surface area (Å²) < 4.78 is 34.7. The number of nitrogens with zero attached hydrogens (tertiary/aromatic N) is 3. The van der Waals surface area contributed by atoms with Crippen molar-refractivity contribution in [2.24, 2.45) is 0 Å². The summed E-state index contributed by atoms with van der Waals surface area (Å²) in [5.41, 5.74) is 2.55. The van der Waals surface area contributed by atoms with Gasteiger partial charge in [0.25, 0.3) is 10.2 Å². The molecular weight excluding hydrogens is 426 g/mol. The standard InChI is InChI=1S/C24H37N3O4S/c1-25(21-9-4-3-5-10-21)32(29,30)27-15-13-26(14-16-27)24(28)18-20-8-6-7-19-17-22(31-2)11-12-23(19)20/h11-12,17,20-21H,3-10,13-16,18H2,1-2H3. The maximum Gasteiger partial charge on any atom is 0.282 e. The third-order valence-electron chi connectivity index (χ3n) is 7.58. The van der Waals surface area contributed by atoms with Crippen molar-refractivity contribution < 1.29 is 17.9 Å². The van der Waals surface area contributed by atoms with Crippen LogP contribution in [0.2, 0.25) is 0 Å². The summed E-state index contributed by atoms with van der Waals surface area (Å²) in [7, 11) is -0.0683. The zero-order chi connectivity index (χ0) is 22.7. The Balaban J connectivity index is 1.33. The quantitative estimate of drug-likeness (QED) is 0.650. The van der Waals surface area contributed by atoms with Gasteiger partial charge in [-0.15, -0.1) is 0 Å². The Hall–Kier alpha value is -1.64. The number of rotatable bonds is 6. The van der Waals surface area contributed by atoms with E-state index in [1.165, 1.54) is 17.5 Å². The molecule has 1 aromatic carbocycles. The first-order valence-electron chi connectivity index (χ1n) is 12.1. The molecule has 178 valence electrons. The molecule has 1 aliphatic heterocycles. The van der Waals surface area contributed by atoms with Crippen molar-refractivity contribution >= 4 is 16.1 Å². The van der Waals surface area contributed by atoms with Gasteiger partial charge in [-0.3, -0.25) is 4.79 Å². The van der Waals surface area contributed by atoms with Gasteiger partial charge in [0.2, 0.25) is 5.91 Å². The zero-order valence-electron chi connectivity index (χ0n) is 19.5. The number of carbonyl (C=O) groups is 1. The number of piperazine rings is 1. The summed E-state index contributed by atoms with van der Waals surface area (Å²) >= 11 is 0. The van der Waals surface area contributed by atoms with Gasteiger partial charge in [0.1, 0.15) is 5.75 Å². The number of ether oxygens (including phenoxy) is 1. The average molecular weight is 464 g/mol. The van der Waals surface area contributed by atoms with Crippen LogP contribution in [0.1, 0.15) is 68.4 Å². The van der Waals surface area contributed by atoms with E-state index in [1.807, 2.05) is 11.0 Å². The van der Waals surface area contributed by atoms with E-state index in [2.05, 4.69) is 12.1 Å². The van der Waals surface area contributed by atoms with Crippen molar-refractivity contribution in [3.63, 3.8) is 0 Å². The van der Waals surface area contributed by atoms with Gasteiger partial charge >= 0.3 is 0 Å². The minimum Gasteiger partial charge on any atom is -0.497 e. The minimum absolute atomic E-state index is 0.110. The van der Waals surface area contributed by atoms with Gasteiger partial charge < -0.3 is 9.64 Å². The number of hydrogen-bond donors (Lipinski definition) is 0. The highest BCUT2D eigenvalue weighted by Gasteiger charge is 2.36. The third kappa shape index (κ3) is 4.97. The second kappa shape index (κ2) is 10.1. The van der Waals surface area contributed by atoms with Crippen LogP contribution in [0, 0.1) is 0 Å². The Morgan fingerprint density at radius 1 is 1.06 bits per heavy atom. The van der Waals surface area contributed by atoms with Crippen molar-refractivity contribution in [3.05, 3.63) is 29.3 Å². The molecule has 4 rings (SSSR count). The summed E-state index contributed by atoms with van der Waals surface area (Å²) in [5.74, 6) is 1.24. The molecule has 0 N–H and O–H groups in total. The molecule has 0 aromatic heterocycles. The van der Waals surface area contributed by atoms with E-state index in [4.69, 9.17) is 4.74 Å². The van der Waals surface area contributed by atoms with Crippen LogP contribution in [0.15, 0.2) is 18.2 Å². The summed E-state index contributed by atoms with van der Waals surface area (Å²) in [4.78, 5) is 14.9. The van der Waals surface area contributed by atoms with Crippen LogP contribution in [0.25, 0.3) is 0 Å². The van der Waals surface area contributed by atoms with Crippen LogP contribution < -0.4 is 4.74 Å². The lowest BCUT2D eigenvalue weighted by Crippen LogP contribution is -2.55. The summed E-state index contributed by atoms with van der Waals surface area (Å²) in [5, 5.41) is 0. The van der Waals surface area contributed by atoms with E-state index >= 15 is 0 Å². The molecule has 2 fully saturated rings. The molecule has 7 nitrogen and oxygen atoms in total. The average Bonchev–Trinajstić information content (AvgIpc) is 2.84. The number of benzene rings is 1. The molecule has 1 aromatic rings. The highest BCUT2D eigenvalue weighted by molar-refractivity contribution is 7.86. The molecule has 1 atom stereocenters. The van der Waals surface area contributed by atoms with E-state index < -0.39 is 10.2 Å². The Labute approximate surface area is 192 Å². The Morgan fingerprint density at radius 3 is 2.47 bits per heavy atom. The topological polar surface area (TPSA) is 70.2 Å². The van der Waals surface area contributed by atoms with Crippen LogP contribution in [-0.4, -0.2) is 74.2 Å². The van der Waals surface area contributed by atoms with Crippen LogP contribution in [0.3, 0.4) is 0 Å². The molecular formula is C24H37N3O4S. The van der Waals surface area contributed by atoms with Crippen molar-refractivity contribution in [3.8, 4) is 5.75 Å². The monoisotopic (exact) mass is 463 g/mol. The van der Waals surface area contributed by atoms with Crippen LogP contribution in [-0.2, 0) is 21.4 Å². The first-order chi connectivity index (χ1) is 15.4. The van der Waals surface area contributed by atoms with Crippen LogP contribution in [0.4, 0.5) is 0 Å². The predicted octanol–water partition coefficient (Wildman–Crippen LogP) is 3.16. The smallest absolute Gasteiger partial charge is 0.282 e. The van der Waals surface area contributed by atoms with Crippen molar-refractivity contribution in [2.75, 3.05) is 40.3 Å². The van der Waals surface area contributed by atoms with E-state index in [1.54, 1.807) is 22.8 Å². The highest BCUT2D eigenvalue weighted by atomic mass is 32.2. The molecule has 1 unspecified atom stereocenters. The lowest BCUT2D eigenvalue weighted by Gasteiger charge is -2.39. The Kier molecular flexibility index (Phi) is 7.42. The van der Waals surface area contributed by atoms with Gasteiger partial charge in [-0.1, -0.05) is 25.3 Å². The van der Waals surface area contributed by atoms with Crippen molar-refractivity contribution in [1.29, 1.82) is 0 Å². The molecule has 1 heterocycles.